The molecule has 4 nitrogen and oxygen atoms in total. The highest BCUT2D eigenvalue weighted by Crippen LogP contribution is 2.19. The summed E-state index contributed by atoms with van der Waals surface area (Å²) in [5.41, 5.74) is 4.25. The van der Waals surface area contributed by atoms with E-state index in [4.69, 9.17) is 4.42 Å². The van der Waals surface area contributed by atoms with Gasteiger partial charge in [-0.2, -0.15) is 0 Å². The van der Waals surface area contributed by atoms with E-state index in [1.807, 2.05) is 41.3 Å². The first-order valence-electron chi connectivity index (χ1n) is 10.2. The number of nitrogens with zero attached hydrogens (tertiary/aromatic N) is 2. The normalized spacial score (nSPS) is 15.5. The van der Waals surface area contributed by atoms with E-state index in [0.29, 0.717) is 5.56 Å². The summed E-state index contributed by atoms with van der Waals surface area (Å²) in [7, 11) is 0. The molecule has 0 spiro atoms. The second-order valence-electron chi connectivity index (χ2n) is 7.53. The van der Waals surface area contributed by atoms with Crippen LogP contribution in [0.2, 0.25) is 0 Å². The fourth-order valence-corrected chi connectivity index (χ4v) is 3.46. The van der Waals surface area contributed by atoms with Crippen molar-refractivity contribution >= 4 is 17.7 Å². The van der Waals surface area contributed by atoms with Crippen molar-refractivity contribution < 1.29 is 9.21 Å². The Bertz CT molecular complexity index is 885. The van der Waals surface area contributed by atoms with Gasteiger partial charge < -0.3 is 14.2 Å². The van der Waals surface area contributed by atoms with Crippen LogP contribution < -0.4 is 4.90 Å². The molecule has 3 rings (SSSR count). The van der Waals surface area contributed by atoms with Crippen LogP contribution in [0, 0.1) is 0 Å². The van der Waals surface area contributed by atoms with Crippen LogP contribution in [-0.4, -0.2) is 37.0 Å². The minimum atomic E-state index is 0.0447. The summed E-state index contributed by atoms with van der Waals surface area (Å²) in [5, 5.41) is 0. The lowest BCUT2D eigenvalue weighted by atomic mass is 10.1. The molecule has 2 heterocycles. The third-order valence-electron chi connectivity index (χ3n) is 5.27. The first-order valence-corrected chi connectivity index (χ1v) is 10.2. The van der Waals surface area contributed by atoms with Crippen molar-refractivity contribution in [3.8, 4) is 0 Å². The fraction of sp³-hybridized carbons (Fsp3) is 0.320. The Kier molecular flexibility index (Phi) is 7.12. The van der Waals surface area contributed by atoms with Crippen molar-refractivity contribution in [2.24, 2.45) is 0 Å². The van der Waals surface area contributed by atoms with Gasteiger partial charge in [-0.3, -0.25) is 4.79 Å². The summed E-state index contributed by atoms with van der Waals surface area (Å²) in [6.45, 7) is 11.0. The third-order valence-corrected chi connectivity index (χ3v) is 5.27. The topological polar surface area (TPSA) is 36.7 Å². The Morgan fingerprint density at radius 2 is 1.86 bits per heavy atom. The largest absolute Gasteiger partial charge is 0.464 e. The summed E-state index contributed by atoms with van der Waals surface area (Å²) in [5.74, 6) is 0.779. The molecule has 0 atom stereocenters. The molecular weight excluding hydrogens is 360 g/mol. The zero-order valence-electron chi connectivity index (χ0n) is 17.4. The number of benzene rings is 1. The molecule has 0 saturated carbocycles. The number of allylic oxidation sites excluding steroid dienone is 4. The molecule has 0 bridgehead atoms. The number of carbonyl (C=O) groups excluding carboxylic acids is 1. The van der Waals surface area contributed by atoms with E-state index in [9.17, 15) is 4.79 Å². The monoisotopic (exact) mass is 390 g/mol. The number of furan rings is 1. The van der Waals surface area contributed by atoms with Crippen molar-refractivity contribution in [1.82, 2.24) is 4.90 Å². The Balaban J connectivity index is 1.54. The van der Waals surface area contributed by atoms with Crippen LogP contribution in [0.5, 0.6) is 0 Å². The fourth-order valence-electron chi connectivity index (χ4n) is 3.46. The van der Waals surface area contributed by atoms with E-state index in [1.165, 1.54) is 16.8 Å². The van der Waals surface area contributed by atoms with Gasteiger partial charge in [0.2, 0.25) is 0 Å². The lowest BCUT2D eigenvalue weighted by molar-refractivity contribution is 0.0746. The zero-order valence-corrected chi connectivity index (χ0v) is 17.4. The molecule has 1 aliphatic heterocycles. The van der Waals surface area contributed by atoms with Crippen molar-refractivity contribution in [1.29, 1.82) is 0 Å². The average molecular weight is 391 g/mol. The standard InChI is InChI=1S/C25H30N2O2/c1-4-20(2)9-8-10-21(3)17-24-18-22(19-29-24)25(28)27-15-13-26(14-16-27)23-11-6-5-7-12-23/h4-7,9,11-12,17-19H,1,8,10,13-16H2,2-3H3. The number of hydrogen-bond donors (Lipinski definition) is 0. The van der Waals surface area contributed by atoms with Gasteiger partial charge in [0, 0.05) is 31.9 Å². The highest BCUT2D eigenvalue weighted by atomic mass is 16.3. The van der Waals surface area contributed by atoms with E-state index in [-0.39, 0.29) is 5.91 Å². The summed E-state index contributed by atoms with van der Waals surface area (Å²) in [4.78, 5) is 17.1. The number of anilines is 1. The molecule has 0 unspecified atom stereocenters. The number of piperazine rings is 1. The number of amides is 1. The second kappa shape index (κ2) is 9.97. The maximum atomic E-state index is 12.8. The van der Waals surface area contributed by atoms with Crippen LogP contribution in [-0.2, 0) is 0 Å². The zero-order chi connectivity index (χ0) is 20.6. The van der Waals surface area contributed by atoms with Crippen LogP contribution >= 0.6 is 0 Å². The molecule has 1 aromatic heterocycles. The third kappa shape index (κ3) is 5.74. The molecule has 2 aromatic rings. The number of rotatable bonds is 7. The molecule has 1 fully saturated rings. The lowest BCUT2D eigenvalue weighted by Crippen LogP contribution is -2.48. The maximum Gasteiger partial charge on any atom is 0.257 e. The van der Waals surface area contributed by atoms with Crippen molar-refractivity contribution in [2.75, 3.05) is 31.1 Å². The molecule has 29 heavy (non-hydrogen) atoms. The predicted octanol–water partition coefficient (Wildman–Crippen LogP) is 5.56. The highest BCUT2D eigenvalue weighted by molar-refractivity contribution is 5.94. The Labute approximate surface area is 173 Å². The molecule has 0 radical (unpaired) electrons. The minimum Gasteiger partial charge on any atom is -0.464 e. The van der Waals surface area contributed by atoms with Crippen LogP contribution in [0.25, 0.3) is 6.08 Å². The van der Waals surface area contributed by atoms with Gasteiger partial charge in [-0.15, -0.1) is 0 Å². The smallest absolute Gasteiger partial charge is 0.257 e. The second-order valence-corrected chi connectivity index (χ2v) is 7.53. The number of hydrogen-bond acceptors (Lipinski definition) is 3. The first-order chi connectivity index (χ1) is 14.1. The molecule has 1 amide bonds. The molecule has 1 aliphatic rings. The molecule has 0 N–H and O–H groups in total. The van der Waals surface area contributed by atoms with Crippen LogP contribution in [0.1, 0.15) is 42.8 Å². The maximum absolute atomic E-state index is 12.8. The number of carbonyl (C=O) groups is 1. The van der Waals surface area contributed by atoms with E-state index in [0.717, 1.165) is 44.8 Å². The van der Waals surface area contributed by atoms with E-state index in [1.54, 1.807) is 6.26 Å². The van der Waals surface area contributed by atoms with Gasteiger partial charge in [-0.1, -0.05) is 48.1 Å². The summed E-state index contributed by atoms with van der Waals surface area (Å²) in [6, 6.07) is 12.2. The highest BCUT2D eigenvalue weighted by Gasteiger charge is 2.23. The van der Waals surface area contributed by atoms with Gasteiger partial charge in [0.05, 0.1) is 5.56 Å². The Morgan fingerprint density at radius 3 is 2.55 bits per heavy atom. The predicted molar refractivity (Wildman–Crippen MR) is 120 cm³/mol. The summed E-state index contributed by atoms with van der Waals surface area (Å²) < 4.78 is 5.62. The van der Waals surface area contributed by atoms with Crippen LogP contribution in [0.3, 0.4) is 0 Å². The Hall–Kier alpha value is -3.01. The van der Waals surface area contributed by atoms with Crippen molar-refractivity contribution in [2.45, 2.75) is 26.7 Å². The SMILES string of the molecule is C=CC(C)=CCCC(C)=Cc1cc(C(=O)N2CCN(c3ccccc3)CC2)co1. The molecule has 0 aliphatic carbocycles. The summed E-state index contributed by atoms with van der Waals surface area (Å²) >= 11 is 0. The molecule has 4 heteroatoms. The molecule has 1 aromatic carbocycles. The first kappa shape index (κ1) is 20.7. The Morgan fingerprint density at radius 1 is 1.14 bits per heavy atom. The average Bonchev–Trinajstić information content (AvgIpc) is 3.22. The quantitative estimate of drug-likeness (QED) is 0.581. The van der Waals surface area contributed by atoms with Gasteiger partial charge in [0.1, 0.15) is 12.0 Å². The molecular formula is C25H30N2O2. The van der Waals surface area contributed by atoms with E-state index in [2.05, 4.69) is 43.5 Å². The van der Waals surface area contributed by atoms with Crippen molar-refractivity contribution in [3.05, 3.63) is 83.9 Å². The molecule has 152 valence electrons. The van der Waals surface area contributed by atoms with Gasteiger partial charge in [-0.25, -0.2) is 0 Å². The van der Waals surface area contributed by atoms with Crippen LogP contribution in [0.15, 0.2) is 77.0 Å². The van der Waals surface area contributed by atoms with E-state index < -0.39 is 0 Å². The van der Waals surface area contributed by atoms with Gasteiger partial charge in [0.15, 0.2) is 0 Å². The van der Waals surface area contributed by atoms with Gasteiger partial charge in [-0.05, 0) is 51.0 Å². The minimum absolute atomic E-state index is 0.0447. The molecule has 1 saturated heterocycles. The van der Waals surface area contributed by atoms with Gasteiger partial charge in [0.25, 0.3) is 5.91 Å². The van der Waals surface area contributed by atoms with Crippen molar-refractivity contribution in [3.63, 3.8) is 0 Å². The van der Waals surface area contributed by atoms with E-state index >= 15 is 0 Å². The number of para-hydroxylation sites is 1. The van der Waals surface area contributed by atoms with Crippen LogP contribution in [0.4, 0.5) is 5.69 Å². The van der Waals surface area contributed by atoms with Gasteiger partial charge >= 0.3 is 0 Å². The summed E-state index contributed by atoms with van der Waals surface area (Å²) in [6.07, 6.45) is 9.56. The lowest BCUT2D eigenvalue weighted by Gasteiger charge is -2.36.